The highest BCUT2D eigenvalue weighted by Gasteiger charge is 2.40. The van der Waals surface area contributed by atoms with E-state index in [-0.39, 0.29) is 11.8 Å². The van der Waals surface area contributed by atoms with E-state index in [4.69, 9.17) is 15.2 Å². The average Bonchev–Trinajstić information content (AvgIpc) is 2.66. The summed E-state index contributed by atoms with van der Waals surface area (Å²) in [6.45, 7) is 4.56. The molecule has 1 saturated carbocycles. The van der Waals surface area contributed by atoms with Gasteiger partial charge in [-0.3, -0.25) is 0 Å². The first-order valence-electron chi connectivity index (χ1n) is 6.35. The van der Waals surface area contributed by atoms with E-state index < -0.39 is 0 Å². The zero-order valence-electron chi connectivity index (χ0n) is 10.4. The molecule has 2 fully saturated rings. The Kier molecular flexibility index (Phi) is 3.85. The Balaban J connectivity index is 1.80. The van der Waals surface area contributed by atoms with Crippen molar-refractivity contribution in [2.24, 2.45) is 5.73 Å². The molecule has 0 aromatic heterocycles. The van der Waals surface area contributed by atoms with Crippen LogP contribution < -0.4 is 5.73 Å². The van der Waals surface area contributed by atoms with Gasteiger partial charge in [0.2, 0.25) is 0 Å². The molecule has 0 radical (unpaired) electrons. The molecular weight excluding hydrogens is 204 g/mol. The molecule has 1 spiro atoms. The highest BCUT2D eigenvalue weighted by Crippen LogP contribution is 2.36. The van der Waals surface area contributed by atoms with Crippen LogP contribution in [0.3, 0.4) is 0 Å². The fourth-order valence-corrected chi connectivity index (χ4v) is 2.87. The topological polar surface area (TPSA) is 47.7 Å². The van der Waals surface area contributed by atoms with Gasteiger partial charge in [0.25, 0.3) is 0 Å². The Morgan fingerprint density at radius 2 is 1.88 bits per heavy atom. The third kappa shape index (κ3) is 2.74. The lowest BCUT2D eigenvalue weighted by molar-refractivity contribution is -0.183. The molecule has 1 aliphatic heterocycles. The summed E-state index contributed by atoms with van der Waals surface area (Å²) in [5.41, 5.74) is 5.82. The highest BCUT2D eigenvalue weighted by atomic mass is 16.7. The van der Waals surface area contributed by atoms with Crippen molar-refractivity contribution < 1.29 is 9.47 Å². The second kappa shape index (κ2) is 5.00. The maximum atomic E-state index is 5.82. The van der Waals surface area contributed by atoms with Gasteiger partial charge in [0.15, 0.2) is 5.79 Å². The van der Waals surface area contributed by atoms with Crippen LogP contribution in [0.4, 0.5) is 0 Å². The van der Waals surface area contributed by atoms with Crippen LogP contribution in [0.15, 0.2) is 0 Å². The third-order valence-corrected chi connectivity index (χ3v) is 3.73. The van der Waals surface area contributed by atoms with Crippen molar-refractivity contribution in [3.05, 3.63) is 0 Å². The molecule has 94 valence electrons. The summed E-state index contributed by atoms with van der Waals surface area (Å²) >= 11 is 0. The molecule has 1 heterocycles. The van der Waals surface area contributed by atoms with E-state index in [2.05, 4.69) is 18.9 Å². The Morgan fingerprint density at radius 3 is 2.38 bits per heavy atom. The molecule has 0 amide bonds. The predicted octanol–water partition coefficient (Wildman–Crippen LogP) is 0.951. The molecule has 1 saturated heterocycles. The van der Waals surface area contributed by atoms with Gasteiger partial charge in [-0.2, -0.15) is 0 Å². The molecule has 4 heteroatoms. The van der Waals surface area contributed by atoms with E-state index in [1.807, 2.05) is 0 Å². The first kappa shape index (κ1) is 12.3. The van der Waals surface area contributed by atoms with Crippen LogP contribution >= 0.6 is 0 Å². The second-order valence-electron chi connectivity index (χ2n) is 5.26. The van der Waals surface area contributed by atoms with E-state index in [0.29, 0.717) is 6.04 Å². The van der Waals surface area contributed by atoms with Crippen LogP contribution in [-0.4, -0.2) is 49.6 Å². The van der Waals surface area contributed by atoms with Crippen molar-refractivity contribution in [2.75, 3.05) is 26.8 Å². The molecule has 0 aromatic rings. The van der Waals surface area contributed by atoms with E-state index in [1.165, 1.54) is 0 Å². The average molecular weight is 228 g/mol. The normalized spacial score (nSPS) is 27.8. The van der Waals surface area contributed by atoms with Gasteiger partial charge in [-0.05, 0) is 26.8 Å². The number of nitrogens with zero attached hydrogens (tertiary/aromatic N) is 1. The Labute approximate surface area is 98.1 Å². The minimum atomic E-state index is -0.230. The molecule has 1 aliphatic carbocycles. The summed E-state index contributed by atoms with van der Waals surface area (Å²) in [7, 11) is 2.17. The molecule has 2 aliphatic rings. The Morgan fingerprint density at radius 1 is 1.31 bits per heavy atom. The van der Waals surface area contributed by atoms with E-state index >= 15 is 0 Å². The van der Waals surface area contributed by atoms with Crippen LogP contribution in [0.2, 0.25) is 0 Å². The zero-order valence-corrected chi connectivity index (χ0v) is 10.4. The van der Waals surface area contributed by atoms with Gasteiger partial charge in [-0.25, -0.2) is 0 Å². The number of hydrogen-bond acceptors (Lipinski definition) is 4. The zero-order chi connectivity index (χ0) is 11.6. The standard InChI is InChI=1S/C12H24N2O2/c1-10(13)9-14(2)11-3-5-12(6-4-11)15-7-8-16-12/h10-11H,3-9,13H2,1-2H3. The first-order valence-corrected chi connectivity index (χ1v) is 6.35. The lowest BCUT2D eigenvalue weighted by Crippen LogP contribution is -2.45. The number of likely N-dealkylation sites (N-methyl/N-ethyl adjacent to an activating group) is 1. The molecule has 4 nitrogen and oxygen atoms in total. The van der Waals surface area contributed by atoms with E-state index in [9.17, 15) is 0 Å². The van der Waals surface area contributed by atoms with Gasteiger partial charge in [-0.1, -0.05) is 0 Å². The summed E-state index contributed by atoms with van der Waals surface area (Å²) in [6, 6.07) is 0.893. The third-order valence-electron chi connectivity index (χ3n) is 3.73. The van der Waals surface area contributed by atoms with Crippen LogP contribution in [0.5, 0.6) is 0 Å². The van der Waals surface area contributed by atoms with Crippen molar-refractivity contribution in [2.45, 2.75) is 50.5 Å². The van der Waals surface area contributed by atoms with Crippen LogP contribution in [0.25, 0.3) is 0 Å². The monoisotopic (exact) mass is 228 g/mol. The fourth-order valence-electron chi connectivity index (χ4n) is 2.87. The Hall–Kier alpha value is -0.160. The van der Waals surface area contributed by atoms with Crippen LogP contribution in [0.1, 0.15) is 32.6 Å². The summed E-state index contributed by atoms with van der Waals surface area (Å²) < 4.78 is 11.5. The van der Waals surface area contributed by atoms with E-state index in [0.717, 1.165) is 45.4 Å². The van der Waals surface area contributed by atoms with Gasteiger partial charge in [0.1, 0.15) is 0 Å². The summed E-state index contributed by atoms with van der Waals surface area (Å²) in [4.78, 5) is 2.38. The molecule has 2 rings (SSSR count). The lowest BCUT2D eigenvalue weighted by atomic mass is 9.89. The van der Waals surface area contributed by atoms with Crippen molar-refractivity contribution in [1.29, 1.82) is 0 Å². The van der Waals surface area contributed by atoms with E-state index in [1.54, 1.807) is 0 Å². The predicted molar refractivity (Wildman–Crippen MR) is 63.2 cm³/mol. The molecule has 0 bridgehead atoms. The quantitative estimate of drug-likeness (QED) is 0.781. The number of nitrogens with two attached hydrogens (primary N) is 1. The van der Waals surface area contributed by atoms with Crippen molar-refractivity contribution in [3.63, 3.8) is 0 Å². The highest BCUT2D eigenvalue weighted by molar-refractivity contribution is 4.86. The van der Waals surface area contributed by atoms with Gasteiger partial charge in [-0.15, -0.1) is 0 Å². The number of rotatable bonds is 3. The summed E-state index contributed by atoms with van der Waals surface area (Å²) in [6.07, 6.45) is 4.37. The molecule has 2 N–H and O–H groups in total. The SMILES string of the molecule is CC(N)CN(C)C1CCC2(CC1)OCCO2. The van der Waals surface area contributed by atoms with Gasteiger partial charge < -0.3 is 20.1 Å². The molecule has 1 unspecified atom stereocenters. The number of ether oxygens (including phenoxy) is 2. The summed E-state index contributed by atoms with van der Waals surface area (Å²) in [5, 5.41) is 0. The summed E-state index contributed by atoms with van der Waals surface area (Å²) in [5.74, 6) is -0.230. The smallest absolute Gasteiger partial charge is 0.168 e. The van der Waals surface area contributed by atoms with Crippen LogP contribution in [0, 0.1) is 0 Å². The maximum absolute atomic E-state index is 5.82. The van der Waals surface area contributed by atoms with Crippen LogP contribution in [-0.2, 0) is 9.47 Å². The largest absolute Gasteiger partial charge is 0.348 e. The molecule has 16 heavy (non-hydrogen) atoms. The van der Waals surface area contributed by atoms with Crippen molar-refractivity contribution in [3.8, 4) is 0 Å². The van der Waals surface area contributed by atoms with Crippen molar-refractivity contribution in [1.82, 2.24) is 4.90 Å². The molecular formula is C12H24N2O2. The number of hydrogen-bond donors (Lipinski definition) is 1. The molecule has 1 atom stereocenters. The maximum Gasteiger partial charge on any atom is 0.168 e. The molecule has 0 aromatic carbocycles. The second-order valence-corrected chi connectivity index (χ2v) is 5.26. The minimum Gasteiger partial charge on any atom is -0.348 e. The van der Waals surface area contributed by atoms with Gasteiger partial charge >= 0.3 is 0 Å². The minimum absolute atomic E-state index is 0.230. The fraction of sp³-hybridized carbons (Fsp3) is 1.00. The van der Waals surface area contributed by atoms with Gasteiger partial charge in [0, 0.05) is 31.5 Å². The van der Waals surface area contributed by atoms with Crippen molar-refractivity contribution >= 4 is 0 Å². The Bertz CT molecular complexity index is 217. The van der Waals surface area contributed by atoms with Gasteiger partial charge in [0.05, 0.1) is 13.2 Å². The first-order chi connectivity index (χ1) is 7.61. The lowest BCUT2D eigenvalue weighted by Gasteiger charge is -2.39.